The predicted octanol–water partition coefficient (Wildman–Crippen LogP) is 1.84. The summed E-state index contributed by atoms with van der Waals surface area (Å²) in [6, 6.07) is 10.1. The van der Waals surface area contributed by atoms with Gasteiger partial charge in [0, 0.05) is 24.7 Å². The van der Waals surface area contributed by atoms with Crippen LogP contribution in [0.1, 0.15) is 0 Å². The maximum Gasteiger partial charge on any atom is 0.246 e. The molecule has 1 unspecified atom stereocenters. The van der Waals surface area contributed by atoms with Gasteiger partial charge >= 0.3 is 0 Å². The van der Waals surface area contributed by atoms with E-state index in [4.69, 9.17) is 9.47 Å². The highest BCUT2D eigenvalue weighted by molar-refractivity contribution is 7.90. The van der Waals surface area contributed by atoms with Gasteiger partial charge in [0.1, 0.15) is 5.82 Å². The summed E-state index contributed by atoms with van der Waals surface area (Å²) in [6.45, 7) is 2.32. The van der Waals surface area contributed by atoms with E-state index in [1.165, 1.54) is 18.4 Å². The summed E-state index contributed by atoms with van der Waals surface area (Å²) in [5.41, 5.74) is 1.44. The number of sulfone groups is 1. The van der Waals surface area contributed by atoms with Crippen LogP contribution in [0.15, 0.2) is 47.5 Å². The summed E-state index contributed by atoms with van der Waals surface area (Å²) in [7, 11) is -3.24. The Bertz CT molecular complexity index is 1090. The second-order valence-electron chi connectivity index (χ2n) is 6.78. The molecule has 0 spiro atoms. The second kappa shape index (κ2) is 8.78. The summed E-state index contributed by atoms with van der Waals surface area (Å²) in [5.74, 6) is 1.56. The number of benzene rings is 1. The molecule has 3 heterocycles. The highest BCUT2D eigenvalue weighted by Gasteiger charge is 2.16. The van der Waals surface area contributed by atoms with Gasteiger partial charge in [-0.2, -0.15) is 4.98 Å². The first-order valence-corrected chi connectivity index (χ1v) is 11.3. The number of aromatic amines is 1. The van der Waals surface area contributed by atoms with E-state index in [0.717, 1.165) is 5.56 Å². The molecule has 1 aromatic carbocycles. The quantitative estimate of drug-likeness (QED) is 0.514. The molecule has 158 valence electrons. The lowest BCUT2D eigenvalue weighted by Gasteiger charge is -2.23. The van der Waals surface area contributed by atoms with Gasteiger partial charge in [-0.25, -0.2) is 13.4 Å². The first-order chi connectivity index (χ1) is 14.5. The molecule has 1 atom stereocenters. The number of aromatic nitrogens is 4. The minimum Gasteiger partial charge on any atom is -0.376 e. The molecule has 4 rings (SSSR count). The van der Waals surface area contributed by atoms with E-state index in [2.05, 4.69) is 30.8 Å². The fourth-order valence-electron chi connectivity index (χ4n) is 2.95. The Labute approximate surface area is 174 Å². The molecule has 1 aliphatic heterocycles. The van der Waals surface area contributed by atoms with Crippen LogP contribution >= 0.6 is 0 Å². The fourth-order valence-corrected chi connectivity index (χ4v) is 3.59. The van der Waals surface area contributed by atoms with Crippen LogP contribution in [0, 0.1) is 0 Å². The molecule has 0 radical (unpaired) electrons. The van der Waals surface area contributed by atoms with Gasteiger partial charge < -0.3 is 20.1 Å². The number of rotatable bonds is 7. The number of nitrogens with zero attached hydrogens (tertiary/aromatic N) is 3. The summed E-state index contributed by atoms with van der Waals surface area (Å²) < 4.78 is 34.2. The molecule has 0 saturated carbocycles. The monoisotopic (exact) mass is 430 g/mol. The Morgan fingerprint density at radius 3 is 2.77 bits per heavy atom. The van der Waals surface area contributed by atoms with Crippen molar-refractivity contribution in [2.24, 2.45) is 0 Å². The lowest BCUT2D eigenvalue weighted by atomic mass is 10.2. The van der Waals surface area contributed by atoms with Crippen LogP contribution in [0.3, 0.4) is 0 Å². The van der Waals surface area contributed by atoms with Crippen molar-refractivity contribution in [2.75, 3.05) is 43.3 Å². The van der Waals surface area contributed by atoms with E-state index in [-0.39, 0.29) is 11.0 Å². The summed E-state index contributed by atoms with van der Waals surface area (Å²) in [4.78, 5) is 9.12. The minimum absolute atomic E-state index is 0.0320. The van der Waals surface area contributed by atoms with Crippen LogP contribution < -0.4 is 10.6 Å². The molecular formula is C19H22N6O4S. The van der Waals surface area contributed by atoms with E-state index >= 15 is 0 Å². The zero-order valence-electron chi connectivity index (χ0n) is 16.3. The standard InChI is InChI=1S/C19H22N6O4S/c1-30(26,27)15-6-4-13(5-7-15)22-19-23-18(24-25-19)16-3-2-8-20-17(16)21-11-14-12-28-9-10-29-14/h2-8,14H,9-12H2,1H3,(H,20,21)(H2,22,23,24,25). The third-order valence-electron chi connectivity index (χ3n) is 4.47. The van der Waals surface area contributed by atoms with Crippen LogP contribution in [0.2, 0.25) is 0 Å². The Morgan fingerprint density at radius 1 is 1.20 bits per heavy atom. The third kappa shape index (κ3) is 4.93. The molecule has 1 saturated heterocycles. The molecule has 0 bridgehead atoms. The first-order valence-electron chi connectivity index (χ1n) is 9.37. The van der Waals surface area contributed by atoms with Crippen molar-refractivity contribution in [3.05, 3.63) is 42.6 Å². The van der Waals surface area contributed by atoms with Crippen LogP contribution in [0.4, 0.5) is 17.5 Å². The number of ether oxygens (including phenoxy) is 2. The van der Waals surface area contributed by atoms with Crippen molar-refractivity contribution in [2.45, 2.75) is 11.0 Å². The second-order valence-corrected chi connectivity index (χ2v) is 8.79. The maximum absolute atomic E-state index is 11.6. The van der Waals surface area contributed by atoms with Gasteiger partial charge in [-0.05, 0) is 36.4 Å². The Kier molecular flexibility index (Phi) is 5.93. The van der Waals surface area contributed by atoms with E-state index in [9.17, 15) is 8.42 Å². The first kappa shape index (κ1) is 20.3. The molecule has 3 aromatic rings. The van der Waals surface area contributed by atoms with Crippen molar-refractivity contribution in [1.29, 1.82) is 0 Å². The van der Waals surface area contributed by atoms with Gasteiger partial charge in [-0.3, -0.25) is 5.10 Å². The summed E-state index contributed by atoms with van der Waals surface area (Å²) in [6.07, 6.45) is 2.84. The highest BCUT2D eigenvalue weighted by Crippen LogP contribution is 2.24. The zero-order chi connectivity index (χ0) is 21.0. The van der Waals surface area contributed by atoms with E-state index in [1.807, 2.05) is 12.1 Å². The number of anilines is 3. The van der Waals surface area contributed by atoms with E-state index in [0.29, 0.717) is 49.6 Å². The third-order valence-corrected chi connectivity index (χ3v) is 5.60. The highest BCUT2D eigenvalue weighted by atomic mass is 32.2. The van der Waals surface area contributed by atoms with Gasteiger partial charge in [0.15, 0.2) is 15.7 Å². The number of nitrogens with one attached hydrogen (secondary N) is 3. The number of hydrogen-bond acceptors (Lipinski definition) is 9. The Hall–Kier alpha value is -3.02. The van der Waals surface area contributed by atoms with Gasteiger partial charge in [0.05, 0.1) is 36.4 Å². The summed E-state index contributed by atoms with van der Waals surface area (Å²) >= 11 is 0. The lowest BCUT2D eigenvalue weighted by Crippen LogP contribution is -2.34. The van der Waals surface area contributed by atoms with Gasteiger partial charge in [0.2, 0.25) is 5.95 Å². The van der Waals surface area contributed by atoms with Gasteiger partial charge in [0.25, 0.3) is 0 Å². The predicted molar refractivity (Wildman–Crippen MR) is 111 cm³/mol. The van der Waals surface area contributed by atoms with Crippen LogP contribution in [-0.2, 0) is 19.3 Å². The molecule has 10 nitrogen and oxygen atoms in total. The fraction of sp³-hybridized carbons (Fsp3) is 0.316. The molecule has 30 heavy (non-hydrogen) atoms. The van der Waals surface area contributed by atoms with Crippen molar-refractivity contribution in [3.63, 3.8) is 0 Å². The number of pyridine rings is 1. The van der Waals surface area contributed by atoms with Crippen molar-refractivity contribution < 1.29 is 17.9 Å². The minimum atomic E-state index is -3.24. The lowest BCUT2D eigenvalue weighted by molar-refractivity contribution is -0.0819. The smallest absolute Gasteiger partial charge is 0.246 e. The molecule has 0 amide bonds. The Balaban J connectivity index is 1.46. The van der Waals surface area contributed by atoms with E-state index in [1.54, 1.807) is 18.3 Å². The SMILES string of the molecule is CS(=O)(=O)c1ccc(Nc2n[nH]c(-c3cccnc3NCC3COCCO3)n2)cc1. The van der Waals surface area contributed by atoms with Gasteiger partial charge in [-0.15, -0.1) is 5.10 Å². The van der Waals surface area contributed by atoms with Crippen molar-refractivity contribution >= 4 is 27.3 Å². The van der Waals surface area contributed by atoms with Crippen molar-refractivity contribution in [1.82, 2.24) is 20.2 Å². The topological polar surface area (TPSA) is 131 Å². The van der Waals surface area contributed by atoms with Crippen LogP contribution in [0.25, 0.3) is 11.4 Å². The normalized spacial score (nSPS) is 16.9. The molecule has 1 aliphatic rings. The average Bonchev–Trinajstić information content (AvgIpc) is 3.21. The zero-order valence-corrected chi connectivity index (χ0v) is 17.1. The molecule has 2 aromatic heterocycles. The molecule has 1 fully saturated rings. The van der Waals surface area contributed by atoms with Crippen LogP contribution in [-0.4, -0.2) is 67.3 Å². The van der Waals surface area contributed by atoms with E-state index < -0.39 is 9.84 Å². The number of hydrogen-bond donors (Lipinski definition) is 3. The molecule has 0 aliphatic carbocycles. The number of H-pyrrole nitrogens is 1. The average molecular weight is 430 g/mol. The molecular weight excluding hydrogens is 408 g/mol. The summed E-state index contributed by atoms with van der Waals surface area (Å²) in [5, 5.41) is 13.4. The maximum atomic E-state index is 11.6. The molecule has 11 heteroatoms. The largest absolute Gasteiger partial charge is 0.376 e. The van der Waals surface area contributed by atoms with Crippen LogP contribution in [0.5, 0.6) is 0 Å². The van der Waals surface area contributed by atoms with Crippen molar-refractivity contribution in [3.8, 4) is 11.4 Å². The van der Waals surface area contributed by atoms with Gasteiger partial charge in [-0.1, -0.05) is 0 Å². The Morgan fingerprint density at radius 2 is 2.03 bits per heavy atom. The molecule has 3 N–H and O–H groups in total.